The van der Waals surface area contributed by atoms with Crippen LogP contribution in [-0.2, 0) is 9.59 Å². The third kappa shape index (κ3) is 58.4. The van der Waals surface area contributed by atoms with Crippen LogP contribution in [0.15, 0.2) is 24.3 Å². The van der Waals surface area contributed by atoms with E-state index in [0.29, 0.717) is 26.2 Å². The molecule has 0 rings (SSSR count). The fourth-order valence-electron chi connectivity index (χ4n) is 10.8. The van der Waals surface area contributed by atoms with E-state index in [1.54, 1.807) is 0 Å². The van der Waals surface area contributed by atoms with E-state index in [1.807, 2.05) is 0 Å². The molecule has 12 N–H and O–H groups in total. The molecular formula is C69H143N11O2. The SMILES string of the molecule is CCCCCCCCC=CCCCCCCCCN(CCCCN(CCCCCCCCC=CCCCCCCCC)CCCNC(=O)C(CCCNCCCN)NCCCN)CCCNC(=O)C(CCCNCCCN)NCCCC. The first-order chi connectivity index (χ1) is 40.5. The number of rotatable bonds is 69. The lowest BCUT2D eigenvalue weighted by molar-refractivity contribution is -0.124. The molecule has 0 saturated carbocycles. The highest BCUT2D eigenvalue weighted by atomic mass is 16.2. The lowest BCUT2D eigenvalue weighted by Gasteiger charge is -2.25. The first-order valence-corrected chi connectivity index (χ1v) is 35.8. The Bertz CT molecular complexity index is 1240. The van der Waals surface area contributed by atoms with Crippen molar-refractivity contribution >= 4 is 11.8 Å². The maximum atomic E-state index is 13.5. The van der Waals surface area contributed by atoms with Crippen LogP contribution in [0.25, 0.3) is 0 Å². The lowest BCUT2D eigenvalue weighted by Crippen LogP contribution is -2.45. The van der Waals surface area contributed by atoms with Crippen LogP contribution in [0, 0.1) is 0 Å². The molecule has 0 aliphatic carbocycles. The zero-order valence-electron chi connectivity index (χ0n) is 54.9. The number of hydrogen-bond acceptors (Lipinski definition) is 11. The van der Waals surface area contributed by atoms with Gasteiger partial charge in [-0.25, -0.2) is 0 Å². The van der Waals surface area contributed by atoms with Crippen molar-refractivity contribution in [3.8, 4) is 0 Å². The van der Waals surface area contributed by atoms with Gasteiger partial charge in [0.25, 0.3) is 0 Å². The number of carbonyl (C=O) groups excluding carboxylic acids is 2. The van der Waals surface area contributed by atoms with E-state index in [-0.39, 0.29) is 23.9 Å². The number of unbranched alkanes of at least 4 members (excludes halogenated alkanes) is 26. The number of nitrogens with two attached hydrogens (primary N) is 3. The maximum absolute atomic E-state index is 13.5. The second-order valence-electron chi connectivity index (χ2n) is 24.1. The van der Waals surface area contributed by atoms with Crippen LogP contribution in [0.1, 0.15) is 284 Å². The van der Waals surface area contributed by atoms with E-state index >= 15 is 0 Å². The van der Waals surface area contributed by atoms with E-state index in [9.17, 15) is 9.59 Å². The molecule has 2 atom stereocenters. The van der Waals surface area contributed by atoms with Crippen LogP contribution < -0.4 is 49.1 Å². The molecule has 0 aliphatic rings. The Morgan fingerprint density at radius 2 is 0.598 bits per heavy atom. The number of nitrogens with zero attached hydrogens (tertiary/aromatic N) is 2. The molecule has 2 unspecified atom stereocenters. The van der Waals surface area contributed by atoms with E-state index in [0.717, 1.165) is 156 Å². The largest absolute Gasteiger partial charge is 0.355 e. The topological polar surface area (TPSA) is 191 Å². The first-order valence-electron chi connectivity index (χ1n) is 35.8. The van der Waals surface area contributed by atoms with E-state index in [4.69, 9.17) is 17.2 Å². The van der Waals surface area contributed by atoms with Gasteiger partial charge in [0.05, 0.1) is 12.1 Å². The van der Waals surface area contributed by atoms with Gasteiger partial charge in [-0.15, -0.1) is 0 Å². The highest BCUT2D eigenvalue weighted by Crippen LogP contribution is 2.14. The second kappa shape index (κ2) is 68.2. The Labute approximate surface area is 509 Å². The van der Waals surface area contributed by atoms with E-state index in [2.05, 4.69) is 86.8 Å². The molecule has 13 nitrogen and oxygen atoms in total. The summed E-state index contributed by atoms with van der Waals surface area (Å²) in [6.07, 6.45) is 59.8. The molecule has 0 heterocycles. The van der Waals surface area contributed by atoms with Crippen molar-refractivity contribution in [2.24, 2.45) is 17.2 Å². The second-order valence-corrected chi connectivity index (χ2v) is 24.1. The van der Waals surface area contributed by atoms with Crippen LogP contribution in [0.5, 0.6) is 0 Å². The van der Waals surface area contributed by atoms with Gasteiger partial charge in [0.2, 0.25) is 11.8 Å². The lowest BCUT2D eigenvalue weighted by atomic mass is 10.1. The Morgan fingerprint density at radius 3 is 0.951 bits per heavy atom. The van der Waals surface area contributed by atoms with Gasteiger partial charge in [0.1, 0.15) is 0 Å². The van der Waals surface area contributed by atoms with E-state index in [1.165, 1.54) is 193 Å². The summed E-state index contributed by atoms with van der Waals surface area (Å²) in [6, 6.07) is -0.328. The van der Waals surface area contributed by atoms with Gasteiger partial charge in [0.15, 0.2) is 0 Å². The van der Waals surface area contributed by atoms with Crippen molar-refractivity contribution in [3.05, 3.63) is 24.3 Å². The van der Waals surface area contributed by atoms with Crippen molar-refractivity contribution in [2.45, 2.75) is 296 Å². The molecule has 0 radical (unpaired) electrons. The van der Waals surface area contributed by atoms with Crippen LogP contribution in [-0.4, -0.2) is 145 Å². The van der Waals surface area contributed by atoms with Crippen molar-refractivity contribution in [3.63, 3.8) is 0 Å². The zero-order chi connectivity index (χ0) is 59.5. The number of carbonyl (C=O) groups is 2. The summed E-state index contributed by atoms with van der Waals surface area (Å²) in [6.45, 7) is 22.1. The van der Waals surface area contributed by atoms with Crippen molar-refractivity contribution in [2.75, 3.05) is 111 Å². The minimum absolute atomic E-state index is 0.117. The standard InChI is InChI=1S/C69H143N11O2/c1-4-7-10-12-14-16-18-20-22-24-26-28-30-32-34-36-60-79(64-45-58-77-68(81)66(75-56-9-6-3)47-40-52-73-54-42-49-70)62-38-39-63-80(61-37-35-33-31-29-27-25-23-21-19-17-15-13-11-8-5-2)65-46-59-78-69(82)67(76-57-44-51-72)48-41-53-74-55-43-50-71/h20-23,66-67,73-76H,4-19,24-65,70-72H2,1-3H3,(H,77,81)(H,78,82). The Hall–Kier alpha value is -1.94. The summed E-state index contributed by atoms with van der Waals surface area (Å²) < 4.78 is 0. The highest BCUT2D eigenvalue weighted by Gasteiger charge is 2.19. The molecule has 13 heteroatoms. The number of hydrogen-bond donors (Lipinski definition) is 9. The first kappa shape index (κ1) is 80.1. The predicted octanol–water partition coefficient (Wildman–Crippen LogP) is 13.0. The molecule has 0 spiro atoms. The van der Waals surface area contributed by atoms with Crippen molar-refractivity contribution in [1.29, 1.82) is 0 Å². The quantitative estimate of drug-likeness (QED) is 0.0208. The molecule has 486 valence electrons. The van der Waals surface area contributed by atoms with Crippen molar-refractivity contribution in [1.82, 2.24) is 41.7 Å². The minimum Gasteiger partial charge on any atom is -0.355 e. The molecule has 0 bridgehead atoms. The van der Waals surface area contributed by atoms with Gasteiger partial charge in [-0.3, -0.25) is 9.59 Å². The van der Waals surface area contributed by atoms with Gasteiger partial charge in [-0.1, -0.05) is 167 Å². The molecule has 0 aromatic rings. The monoisotopic (exact) mass is 1160 g/mol. The smallest absolute Gasteiger partial charge is 0.237 e. The average Bonchev–Trinajstić information content (AvgIpc) is 3.48. The van der Waals surface area contributed by atoms with Gasteiger partial charge < -0.3 is 58.9 Å². The summed E-state index contributed by atoms with van der Waals surface area (Å²) in [5.74, 6) is 0.270. The molecule has 0 fully saturated rings. The average molecular weight is 1160 g/mol. The summed E-state index contributed by atoms with van der Waals surface area (Å²) in [5, 5.41) is 20.6. The minimum atomic E-state index is -0.190. The van der Waals surface area contributed by atoms with Gasteiger partial charge in [-0.2, -0.15) is 0 Å². The molecule has 0 saturated heterocycles. The molecule has 0 aliphatic heterocycles. The van der Waals surface area contributed by atoms with Crippen molar-refractivity contribution < 1.29 is 9.59 Å². The fraction of sp³-hybridized carbons (Fsp3) is 0.913. The molecular weight excluding hydrogens is 1010 g/mol. The Morgan fingerprint density at radius 1 is 0.317 bits per heavy atom. The summed E-state index contributed by atoms with van der Waals surface area (Å²) in [5.41, 5.74) is 17.2. The highest BCUT2D eigenvalue weighted by molar-refractivity contribution is 5.82. The zero-order valence-corrected chi connectivity index (χ0v) is 54.9. The Balaban J connectivity index is 5.46. The van der Waals surface area contributed by atoms with Gasteiger partial charge in [0, 0.05) is 13.1 Å². The van der Waals surface area contributed by atoms with Crippen LogP contribution in [0.2, 0.25) is 0 Å². The van der Waals surface area contributed by atoms with Gasteiger partial charge in [-0.05, 0) is 239 Å². The van der Waals surface area contributed by atoms with Crippen LogP contribution in [0.4, 0.5) is 0 Å². The maximum Gasteiger partial charge on any atom is 0.237 e. The van der Waals surface area contributed by atoms with Crippen LogP contribution in [0.3, 0.4) is 0 Å². The third-order valence-electron chi connectivity index (χ3n) is 16.2. The summed E-state index contributed by atoms with van der Waals surface area (Å²) in [4.78, 5) is 32.4. The number of nitrogens with one attached hydrogen (secondary N) is 6. The predicted molar refractivity (Wildman–Crippen MR) is 360 cm³/mol. The molecule has 0 aromatic carbocycles. The normalized spacial score (nSPS) is 12.7. The summed E-state index contributed by atoms with van der Waals surface area (Å²) in [7, 11) is 0. The fourth-order valence-corrected chi connectivity index (χ4v) is 10.8. The van der Waals surface area contributed by atoms with Gasteiger partial charge >= 0.3 is 0 Å². The summed E-state index contributed by atoms with van der Waals surface area (Å²) >= 11 is 0. The van der Waals surface area contributed by atoms with Crippen LogP contribution >= 0.6 is 0 Å². The number of allylic oxidation sites excluding steroid dienone is 4. The third-order valence-corrected chi connectivity index (χ3v) is 16.2. The molecule has 2 amide bonds. The molecule has 82 heavy (non-hydrogen) atoms. The van der Waals surface area contributed by atoms with E-state index < -0.39 is 0 Å². The number of amides is 2. The molecule has 0 aromatic heterocycles. The Kier molecular flexibility index (Phi) is 66.6.